The van der Waals surface area contributed by atoms with Gasteiger partial charge in [0.2, 0.25) is 0 Å². The van der Waals surface area contributed by atoms with Crippen molar-refractivity contribution >= 4 is 18.2 Å². The first-order valence-corrected chi connectivity index (χ1v) is 3.59. The second-order valence-corrected chi connectivity index (χ2v) is 4.29. The molecule has 0 aromatic heterocycles. The molecule has 2 heteroatoms. The smallest absolute Gasteiger partial charge is 0.162 e. The Morgan fingerprint density at radius 2 is 1.88 bits per heavy atom. The first-order chi connectivity index (χ1) is 3.56. The van der Waals surface area contributed by atoms with Gasteiger partial charge in [-0.1, -0.05) is 0 Å². The first kappa shape index (κ1) is 8.02. The van der Waals surface area contributed by atoms with Crippen molar-refractivity contribution in [3.05, 3.63) is 0 Å². The van der Waals surface area contributed by atoms with Crippen LogP contribution in [0.2, 0.25) is 0 Å². The summed E-state index contributed by atoms with van der Waals surface area (Å²) in [6.45, 7) is 8.51. The zero-order valence-electron chi connectivity index (χ0n) is 5.99. The van der Waals surface area contributed by atoms with Gasteiger partial charge in [0.25, 0.3) is 0 Å². The predicted molar refractivity (Wildman–Crippen MR) is 40.0 cm³/mol. The molecule has 0 aliphatic heterocycles. The molecule has 0 rings (SSSR count). The molecule has 1 nitrogen and oxygen atoms in total. The van der Waals surface area contributed by atoms with Crippen LogP contribution in [0, 0.1) is 0 Å². The van der Waals surface area contributed by atoms with Crippen LogP contribution in [0.1, 0.15) is 27.7 Å². The van der Waals surface area contributed by atoms with Crippen molar-refractivity contribution in [1.82, 2.24) is 0 Å². The van der Waals surface area contributed by atoms with Crippen molar-refractivity contribution in [1.29, 1.82) is 0 Å². The van der Waals surface area contributed by atoms with E-state index in [1.54, 1.807) is 11.9 Å². The molecule has 0 radical (unpaired) electrons. The van der Waals surface area contributed by atoms with E-state index in [1.807, 2.05) is 13.1 Å². The summed E-state index contributed by atoms with van der Waals surface area (Å²) in [5.74, 6) is 0. The van der Waals surface area contributed by atoms with Crippen LogP contribution in [0.4, 0.5) is 0 Å². The van der Waals surface area contributed by atoms with Gasteiger partial charge in [-0.05, 0) is 20.8 Å². The minimum Gasteiger partial charge on any atom is -0.183 e. The van der Waals surface area contributed by atoms with Crippen LogP contribution in [0.3, 0.4) is 0 Å². The number of hydrogen-bond acceptors (Lipinski definition) is 1. The van der Waals surface area contributed by atoms with Gasteiger partial charge in [-0.3, -0.25) is 0 Å². The fourth-order valence-electron chi connectivity index (χ4n) is 0.236. The molecule has 0 unspecified atom stereocenters. The Bertz CT molecular complexity index is 81.0. The Balaban J connectivity index is 3.39. The van der Waals surface area contributed by atoms with E-state index in [2.05, 4.69) is 25.2 Å². The van der Waals surface area contributed by atoms with Crippen molar-refractivity contribution in [3.8, 4) is 0 Å². The molecule has 1 N–H and O–H groups in total. The third-order valence-electron chi connectivity index (χ3n) is 0.483. The van der Waals surface area contributed by atoms with Crippen molar-refractivity contribution in [2.75, 3.05) is 0 Å². The topological polar surface area (TPSA) is 14.0 Å². The monoisotopic (exact) mass is 132 g/mol. The summed E-state index contributed by atoms with van der Waals surface area (Å²) in [6, 6.07) is 0. The maximum Gasteiger partial charge on any atom is 0.162 e. The Morgan fingerprint density at radius 3 is 2.00 bits per heavy atom. The van der Waals surface area contributed by atoms with Gasteiger partial charge in [0.15, 0.2) is 11.9 Å². The molecular weight excluding hydrogens is 118 g/mol. The van der Waals surface area contributed by atoms with E-state index in [4.69, 9.17) is 0 Å². The summed E-state index contributed by atoms with van der Waals surface area (Å²) < 4.78 is 3.41. The third kappa shape index (κ3) is 6.02. The average molecular weight is 132 g/mol. The summed E-state index contributed by atoms with van der Waals surface area (Å²) >= 11 is 1.73. The molecule has 0 aliphatic rings. The molecular formula is C6H14NS+. The van der Waals surface area contributed by atoms with Gasteiger partial charge in [-0.2, -0.15) is 4.40 Å². The summed E-state index contributed by atoms with van der Waals surface area (Å²) in [4.78, 5) is 0. The molecule has 48 valence electrons. The van der Waals surface area contributed by atoms with Crippen LogP contribution < -0.4 is 4.40 Å². The Hall–Kier alpha value is 0.0200. The first-order valence-electron chi connectivity index (χ1n) is 2.77. The number of rotatable bonds is 1. The van der Waals surface area contributed by atoms with Gasteiger partial charge in [0.1, 0.15) is 6.21 Å². The SMILES string of the molecule is C/C=[NH+]/SC(C)(C)C. The van der Waals surface area contributed by atoms with E-state index in [0.717, 1.165) is 0 Å². The van der Waals surface area contributed by atoms with Crippen LogP contribution in [0.25, 0.3) is 0 Å². The quantitative estimate of drug-likeness (QED) is 0.407. The highest BCUT2D eigenvalue weighted by atomic mass is 32.2. The highest BCUT2D eigenvalue weighted by Crippen LogP contribution is 2.13. The van der Waals surface area contributed by atoms with Crippen LogP contribution in [-0.4, -0.2) is 11.0 Å². The van der Waals surface area contributed by atoms with Gasteiger partial charge < -0.3 is 0 Å². The molecule has 0 saturated carbocycles. The summed E-state index contributed by atoms with van der Waals surface area (Å²) in [5, 5.41) is 0. The van der Waals surface area contributed by atoms with Gasteiger partial charge in [0, 0.05) is 6.92 Å². The predicted octanol–water partition coefficient (Wildman–Crippen LogP) is 0.604. The lowest BCUT2D eigenvalue weighted by Gasteiger charge is -2.05. The van der Waals surface area contributed by atoms with Gasteiger partial charge in [0.05, 0.1) is 4.75 Å². The lowest BCUT2D eigenvalue weighted by molar-refractivity contribution is -0.239. The Morgan fingerprint density at radius 1 is 1.38 bits per heavy atom. The molecule has 0 aliphatic carbocycles. The van der Waals surface area contributed by atoms with E-state index < -0.39 is 0 Å². The summed E-state index contributed by atoms with van der Waals surface area (Å²) in [6.07, 6.45) is 1.94. The highest BCUT2D eigenvalue weighted by molar-refractivity contribution is 7.94. The zero-order valence-corrected chi connectivity index (χ0v) is 6.80. The minimum atomic E-state index is 0.326. The van der Waals surface area contributed by atoms with E-state index in [-0.39, 0.29) is 0 Å². The van der Waals surface area contributed by atoms with Crippen molar-refractivity contribution in [2.45, 2.75) is 32.4 Å². The minimum absolute atomic E-state index is 0.326. The fourth-order valence-corrected chi connectivity index (χ4v) is 0.707. The van der Waals surface area contributed by atoms with Crippen LogP contribution in [-0.2, 0) is 0 Å². The molecule has 0 fully saturated rings. The maximum atomic E-state index is 3.08. The van der Waals surface area contributed by atoms with E-state index in [9.17, 15) is 0 Å². The zero-order chi connectivity index (χ0) is 6.62. The van der Waals surface area contributed by atoms with Crippen molar-refractivity contribution < 1.29 is 4.40 Å². The number of nitrogens with one attached hydrogen (secondary N) is 1. The summed E-state index contributed by atoms with van der Waals surface area (Å²) in [5.41, 5.74) is 0. The van der Waals surface area contributed by atoms with Crippen LogP contribution in [0.15, 0.2) is 0 Å². The Labute approximate surface area is 55.7 Å². The molecule has 0 spiro atoms. The molecule has 0 aromatic carbocycles. The van der Waals surface area contributed by atoms with E-state index in [0.29, 0.717) is 4.75 Å². The standard InChI is InChI=1S/C6H13NS/c1-5-7-8-6(2,3)4/h5H,1-4H3/p+1/b7-5+. The van der Waals surface area contributed by atoms with Crippen molar-refractivity contribution in [3.63, 3.8) is 0 Å². The molecule has 0 atom stereocenters. The second kappa shape index (κ2) is 3.13. The van der Waals surface area contributed by atoms with E-state index in [1.165, 1.54) is 0 Å². The third-order valence-corrected chi connectivity index (χ3v) is 1.45. The molecule has 0 saturated heterocycles. The molecule has 0 aromatic rings. The van der Waals surface area contributed by atoms with Crippen molar-refractivity contribution in [2.24, 2.45) is 0 Å². The molecule has 0 bridgehead atoms. The van der Waals surface area contributed by atoms with Crippen LogP contribution in [0.5, 0.6) is 0 Å². The molecule has 0 amide bonds. The van der Waals surface area contributed by atoms with Gasteiger partial charge in [-0.25, -0.2) is 0 Å². The highest BCUT2D eigenvalue weighted by Gasteiger charge is 2.14. The maximum absolute atomic E-state index is 3.08. The largest absolute Gasteiger partial charge is 0.183 e. The number of hydrogen-bond donors (Lipinski definition) is 1. The second-order valence-electron chi connectivity index (χ2n) is 2.62. The molecule has 0 heterocycles. The van der Waals surface area contributed by atoms with E-state index >= 15 is 0 Å². The fraction of sp³-hybridized carbons (Fsp3) is 0.833. The molecule has 8 heavy (non-hydrogen) atoms. The van der Waals surface area contributed by atoms with Crippen LogP contribution >= 0.6 is 11.9 Å². The lowest BCUT2D eigenvalue weighted by atomic mass is 10.3. The Kier molecular flexibility index (Phi) is 3.13. The van der Waals surface area contributed by atoms with Gasteiger partial charge >= 0.3 is 0 Å². The normalized spacial score (nSPS) is 13.0. The van der Waals surface area contributed by atoms with Gasteiger partial charge in [-0.15, -0.1) is 0 Å². The lowest BCUT2D eigenvalue weighted by Crippen LogP contribution is -2.61. The average Bonchev–Trinajstić information content (AvgIpc) is 1.59. The summed E-state index contributed by atoms with van der Waals surface area (Å²) in [7, 11) is 0.